The third-order valence-corrected chi connectivity index (χ3v) is 1.24. The Bertz CT molecular complexity index is 209. The van der Waals surface area contributed by atoms with Crippen LogP contribution in [0.3, 0.4) is 0 Å². The molecule has 0 saturated heterocycles. The standard InChI is InChI=1S/C7H14N2O4/c1-7(2,8)6(12)13-4(9-3)5(10)11/h4,9H,8H2,1-3H3,(H,10,11)/t4-/m1/s1. The maximum atomic E-state index is 11.1. The Morgan fingerprint density at radius 3 is 2.23 bits per heavy atom. The molecule has 0 aliphatic rings. The van der Waals surface area contributed by atoms with Crippen molar-refractivity contribution in [2.24, 2.45) is 5.73 Å². The van der Waals surface area contributed by atoms with Crippen molar-refractivity contribution in [1.82, 2.24) is 5.32 Å². The summed E-state index contributed by atoms with van der Waals surface area (Å²) in [4.78, 5) is 21.5. The van der Waals surface area contributed by atoms with Crippen molar-refractivity contribution >= 4 is 11.9 Å². The summed E-state index contributed by atoms with van der Waals surface area (Å²) >= 11 is 0. The van der Waals surface area contributed by atoms with Crippen LogP contribution in [0.1, 0.15) is 13.8 Å². The molecule has 0 aliphatic heterocycles. The molecule has 1 atom stereocenters. The number of carboxylic acids is 1. The molecule has 0 radical (unpaired) electrons. The summed E-state index contributed by atoms with van der Waals surface area (Å²) < 4.78 is 4.55. The van der Waals surface area contributed by atoms with Crippen molar-refractivity contribution in [3.05, 3.63) is 0 Å². The molecule has 0 aromatic rings. The van der Waals surface area contributed by atoms with Crippen molar-refractivity contribution in [1.29, 1.82) is 0 Å². The van der Waals surface area contributed by atoms with E-state index in [9.17, 15) is 9.59 Å². The Balaban J connectivity index is 4.26. The molecular weight excluding hydrogens is 176 g/mol. The van der Waals surface area contributed by atoms with Crippen LogP contribution in [-0.2, 0) is 14.3 Å². The van der Waals surface area contributed by atoms with Crippen molar-refractivity contribution in [3.8, 4) is 0 Å². The van der Waals surface area contributed by atoms with Crippen LogP contribution in [0.15, 0.2) is 0 Å². The maximum Gasteiger partial charge on any atom is 0.360 e. The molecule has 13 heavy (non-hydrogen) atoms. The van der Waals surface area contributed by atoms with E-state index in [0.717, 1.165) is 0 Å². The number of likely N-dealkylation sites (N-methyl/N-ethyl adjacent to an activating group) is 1. The molecule has 4 N–H and O–H groups in total. The number of esters is 1. The number of ether oxygens (including phenoxy) is 1. The summed E-state index contributed by atoms with van der Waals surface area (Å²) in [5.41, 5.74) is 4.20. The minimum Gasteiger partial charge on any atom is -0.477 e. The van der Waals surface area contributed by atoms with Crippen molar-refractivity contribution in [2.75, 3.05) is 7.05 Å². The molecule has 0 amide bonds. The minimum atomic E-state index is -1.35. The smallest absolute Gasteiger partial charge is 0.360 e. The second-order valence-corrected chi connectivity index (χ2v) is 3.13. The molecule has 0 fully saturated rings. The highest BCUT2D eigenvalue weighted by atomic mass is 16.6. The Hall–Kier alpha value is -1.14. The van der Waals surface area contributed by atoms with E-state index in [4.69, 9.17) is 10.8 Å². The van der Waals surface area contributed by atoms with E-state index < -0.39 is 23.7 Å². The predicted molar refractivity (Wildman–Crippen MR) is 44.8 cm³/mol. The molecule has 0 rings (SSSR count). The second-order valence-electron chi connectivity index (χ2n) is 3.13. The molecule has 6 heteroatoms. The Labute approximate surface area is 76.0 Å². The summed E-state index contributed by atoms with van der Waals surface area (Å²) in [6.45, 7) is 2.87. The minimum absolute atomic E-state index is 0.769. The maximum absolute atomic E-state index is 11.1. The Kier molecular flexibility index (Phi) is 3.83. The zero-order chi connectivity index (χ0) is 10.6. The average Bonchev–Trinajstić information content (AvgIpc) is 1.96. The van der Waals surface area contributed by atoms with Crippen molar-refractivity contribution in [2.45, 2.75) is 25.6 Å². The molecule has 0 aromatic carbocycles. The fourth-order valence-corrected chi connectivity index (χ4v) is 0.492. The zero-order valence-corrected chi connectivity index (χ0v) is 7.83. The third kappa shape index (κ3) is 3.86. The first-order chi connectivity index (χ1) is 5.79. The number of hydrogen-bond acceptors (Lipinski definition) is 5. The summed E-state index contributed by atoms with van der Waals surface area (Å²) in [6, 6.07) is 0. The summed E-state index contributed by atoms with van der Waals surface area (Å²) in [6.07, 6.45) is -1.35. The van der Waals surface area contributed by atoms with Gasteiger partial charge >= 0.3 is 11.9 Å². The van der Waals surface area contributed by atoms with Gasteiger partial charge in [0.15, 0.2) is 0 Å². The monoisotopic (exact) mass is 190 g/mol. The first-order valence-corrected chi connectivity index (χ1v) is 3.69. The molecule has 0 bridgehead atoms. The van der Waals surface area contributed by atoms with E-state index in [-0.39, 0.29) is 0 Å². The van der Waals surface area contributed by atoms with Gasteiger partial charge in [0.2, 0.25) is 0 Å². The second kappa shape index (κ2) is 4.20. The van der Waals surface area contributed by atoms with Crippen LogP contribution in [-0.4, -0.2) is 35.9 Å². The molecule has 76 valence electrons. The highest BCUT2D eigenvalue weighted by Crippen LogP contribution is 2.02. The highest BCUT2D eigenvalue weighted by Gasteiger charge is 2.29. The van der Waals surface area contributed by atoms with Gasteiger partial charge in [-0.15, -0.1) is 0 Å². The summed E-state index contributed by atoms with van der Waals surface area (Å²) in [5.74, 6) is -2.03. The van der Waals surface area contributed by atoms with Gasteiger partial charge in [-0.05, 0) is 20.9 Å². The Morgan fingerprint density at radius 2 is 2.00 bits per heavy atom. The van der Waals surface area contributed by atoms with Gasteiger partial charge in [0.05, 0.1) is 0 Å². The molecule has 6 nitrogen and oxygen atoms in total. The number of nitrogens with one attached hydrogen (secondary N) is 1. The highest BCUT2D eigenvalue weighted by molar-refractivity contribution is 5.83. The van der Waals surface area contributed by atoms with Crippen LogP contribution in [0.2, 0.25) is 0 Å². The fraction of sp³-hybridized carbons (Fsp3) is 0.714. The number of carboxylic acid groups (broad SMARTS) is 1. The quantitative estimate of drug-likeness (QED) is 0.384. The molecule has 0 aliphatic carbocycles. The predicted octanol–water partition coefficient (Wildman–Crippen LogP) is -1.10. The van der Waals surface area contributed by atoms with Crippen LogP contribution in [0, 0.1) is 0 Å². The number of rotatable bonds is 4. The van der Waals surface area contributed by atoms with Crippen LogP contribution in [0.25, 0.3) is 0 Å². The molecule has 0 spiro atoms. The summed E-state index contributed by atoms with van der Waals surface area (Å²) in [7, 11) is 1.37. The lowest BCUT2D eigenvalue weighted by Crippen LogP contribution is -2.48. The summed E-state index contributed by atoms with van der Waals surface area (Å²) in [5, 5.41) is 10.8. The van der Waals surface area contributed by atoms with Crippen LogP contribution in [0.4, 0.5) is 0 Å². The first kappa shape index (κ1) is 11.9. The van der Waals surface area contributed by atoms with Crippen LogP contribution >= 0.6 is 0 Å². The molecular formula is C7H14N2O4. The number of nitrogens with two attached hydrogens (primary N) is 1. The number of aliphatic carboxylic acids is 1. The van der Waals surface area contributed by atoms with Gasteiger partial charge < -0.3 is 15.6 Å². The van der Waals surface area contributed by atoms with Gasteiger partial charge in [-0.25, -0.2) is 4.79 Å². The first-order valence-electron chi connectivity index (χ1n) is 3.69. The molecule has 0 heterocycles. The van der Waals surface area contributed by atoms with Crippen molar-refractivity contribution in [3.63, 3.8) is 0 Å². The van der Waals surface area contributed by atoms with E-state index in [0.29, 0.717) is 0 Å². The lowest BCUT2D eigenvalue weighted by Gasteiger charge is -2.20. The van der Waals surface area contributed by atoms with Gasteiger partial charge in [0.25, 0.3) is 6.23 Å². The van der Waals surface area contributed by atoms with Crippen LogP contribution < -0.4 is 11.1 Å². The number of carbonyl (C=O) groups excluding carboxylic acids is 1. The van der Waals surface area contributed by atoms with Gasteiger partial charge in [0.1, 0.15) is 5.54 Å². The molecule has 0 aromatic heterocycles. The van der Waals surface area contributed by atoms with Crippen LogP contribution in [0.5, 0.6) is 0 Å². The lowest BCUT2D eigenvalue weighted by molar-refractivity contribution is -0.169. The zero-order valence-electron chi connectivity index (χ0n) is 7.83. The topological polar surface area (TPSA) is 102 Å². The average molecular weight is 190 g/mol. The molecule has 0 unspecified atom stereocenters. The number of hydrogen-bond donors (Lipinski definition) is 3. The van der Waals surface area contributed by atoms with E-state index in [1.54, 1.807) is 0 Å². The van der Waals surface area contributed by atoms with Crippen molar-refractivity contribution < 1.29 is 19.4 Å². The Morgan fingerprint density at radius 1 is 1.54 bits per heavy atom. The normalized spacial score (nSPS) is 13.5. The van der Waals surface area contributed by atoms with E-state index in [2.05, 4.69) is 10.1 Å². The van der Waals surface area contributed by atoms with E-state index in [1.165, 1.54) is 20.9 Å². The number of carbonyl (C=O) groups is 2. The molecule has 0 saturated carbocycles. The van der Waals surface area contributed by atoms with E-state index in [1.807, 2.05) is 0 Å². The van der Waals surface area contributed by atoms with Gasteiger partial charge in [-0.3, -0.25) is 10.1 Å². The van der Waals surface area contributed by atoms with Gasteiger partial charge in [-0.2, -0.15) is 0 Å². The van der Waals surface area contributed by atoms with E-state index >= 15 is 0 Å². The SMILES string of the molecule is CN[C@H](OC(=O)C(C)(C)N)C(=O)O. The fourth-order valence-electron chi connectivity index (χ4n) is 0.492. The van der Waals surface area contributed by atoms with Gasteiger partial charge in [0, 0.05) is 0 Å². The van der Waals surface area contributed by atoms with Gasteiger partial charge in [-0.1, -0.05) is 0 Å². The third-order valence-electron chi connectivity index (χ3n) is 1.24. The lowest BCUT2D eigenvalue weighted by atomic mass is 10.1. The largest absolute Gasteiger partial charge is 0.477 e.